The van der Waals surface area contributed by atoms with E-state index >= 15 is 0 Å². The highest BCUT2D eigenvalue weighted by molar-refractivity contribution is 7.20. The Hall–Kier alpha value is -4.84. The van der Waals surface area contributed by atoms with Gasteiger partial charge >= 0.3 is 11.7 Å². The molecule has 0 fully saturated rings. The van der Waals surface area contributed by atoms with Crippen molar-refractivity contribution < 1.29 is 9.53 Å². The number of aryl methyl sites for hydroxylation is 1. The molecular weight excluding hydrogens is 494 g/mol. The maximum atomic E-state index is 13.3. The third-order valence-electron chi connectivity index (χ3n) is 5.45. The summed E-state index contributed by atoms with van der Waals surface area (Å²) in [5, 5.41) is 3.23. The first kappa shape index (κ1) is 23.9. The summed E-state index contributed by atoms with van der Waals surface area (Å²) in [6, 6.07) is 19.9. The third-order valence-corrected chi connectivity index (χ3v) is 6.64. The van der Waals surface area contributed by atoms with Crippen LogP contribution in [0.4, 0.5) is 17.6 Å². The SMILES string of the molecule is Cn1c(=O)n(Cc2nc(N)nc(Nc3ccccc3)n2)c(=O)c2cc(C(=O)OCc3ccccc3)sc21. The van der Waals surface area contributed by atoms with Crippen LogP contribution in [0, 0.1) is 0 Å². The molecule has 0 bridgehead atoms. The van der Waals surface area contributed by atoms with E-state index in [1.54, 1.807) is 0 Å². The molecule has 0 aliphatic rings. The van der Waals surface area contributed by atoms with Crippen LogP contribution < -0.4 is 22.3 Å². The molecule has 186 valence electrons. The van der Waals surface area contributed by atoms with Gasteiger partial charge in [0.25, 0.3) is 5.56 Å². The number of carbonyl (C=O) groups is 1. The second-order valence-electron chi connectivity index (χ2n) is 8.05. The van der Waals surface area contributed by atoms with Gasteiger partial charge in [0.15, 0.2) is 5.82 Å². The number of carbonyl (C=O) groups excluding carboxylic acids is 1. The van der Waals surface area contributed by atoms with Crippen LogP contribution in [-0.2, 0) is 24.9 Å². The number of para-hydroxylation sites is 1. The van der Waals surface area contributed by atoms with Crippen molar-refractivity contribution >= 4 is 45.1 Å². The zero-order valence-electron chi connectivity index (χ0n) is 19.6. The summed E-state index contributed by atoms with van der Waals surface area (Å²) < 4.78 is 7.69. The zero-order valence-corrected chi connectivity index (χ0v) is 20.4. The first-order valence-electron chi connectivity index (χ1n) is 11.2. The Bertz CT molecular complexity index is 1710. The molecule has 0 atom stereocenters. The molecule has 0 radical (unpaired) electrons. The van der Waals surface area contributed by atoms with E-state index in [4.69, 9.17) is 10.5 Å². The van der Waals surface area contributed by atoms with Gasteiger partial charge in [0.2, 0.25) is 11.9 Å². The number of benzene rings is 2. The number of fused-ring (bicyclic) bond motifs is 1. The summed E-state index contributed by atoms with van der Waals surface area (Å²) in [6.45, 7) is -0.140. The molecule has 11 nitrogen and oxygen atoms in total. The molecule has 3 N–H and O–H groups in total. The number of hydrogen-bond donors (Lipinski definition) is 2. The van der Waals surface area contributed by atoms with Gasteiger partial charge in [-0.1, -0.05) is 48.5 Å². The lowest BCUT2D eigenvalue weighted by Crippen LogP contribution is -2.39. The second-order valence-corrected chi connectivity index (χ2v) is 9.08. The summed E-state index contributed by atoms with van der Waals surface area (Å²) in [6.07, 6.45) is 0. The first-order valence-corrected chi connectivity index (χ1v) is 12.0. The van der Waals surface area contributed by atoms with E-state index in [1.807, 2.05) is 60.7 Å². The molecular formula is C25H21N7O4S. The van der Waals surface area contributed by atoms with Crippen LogP contribution in [-0.4, -0.2) is 30.1 Å². The minimum absolute atomic E-state index is 0.0617. The van der Waals surface area contributed by atoms with Crippen molar-refractivity contribution in [2.45, 2.75) is 13.2 Å². The van der Waals surface area contributed by atoms with Crippen LogP contribution in [0.15, 0.2) is 76.3 Å². The molecule has 5 aromatic rings. The van der Waals surface area contributed by atoms with Gasteiger partial charge in [0.05, 0.1) is 11.9 Å². The zero-order chi connectivity index (χ0) is 25.9. The number of esters is 1. The van der Waals surface area contributed by atoms with Crippen molar-refractivity contribution in [3.8, 4) is 0 Å². The predicted molar refractivity (Wildman–Crippen MR) is 140 cm³/mol. The number of nitrogens with one attached hydrogen (secondary N) is 1. The highest BCUT2D eigenvalue weighted by atomic mass is 32.1. The van der Waals surface area contributed by atoms with Crippen LogP contribution in [0.2, 0.25) is 0 Å². The Morgan fingerprint density at radius 3 is 2.46 bits per heavy atom. The fourth-order valence-electron chi connectivity index (χ4n) is 3.67. The molecule has 0 aliphatic heterocycles. The molecule has 0 aliphatic carbocycles. The van der Waals surface area contributed by atoms with Gasteiger partial charge in [-0.25, -0.2) is 9.59 Å². The molecule has 5 rings (SSSR count). The van der Waals surface area contributed by atoms with Crippen molar-refractivity contribution in [2.24, 2.45) is 7.05 Å². The van der Waals surface area contributed by atoms with Crippen LogP contribution in [0.25, 0.3) is 10.2 Å². The van der Waals surface area contributed by atoms with Gasteiger partial charge in [-0.05, 0) is 23.8 Å². The van der Waals surface area contributed by atoms with Crippen molar-refractivity contribution in [3.63, 3.8) is 0 Å². The summed E-state index contributed by atoms with van der Waals surface area (Å²) in [7, 11) is 1.53. The van der Waals surface area contributed by atoms with E-state index in [2.05, 4.69) is 20.3 Å². The van der Waals surface area contributed by atoms with E-state index in [0.717, 1.165) is 27.2 Å². The smallest absolute Gasteiger partial charge is 0.348 e. The summed E-state index contributed by atoms with van der Waals surface area (Å²) in [5.74, 6) is -0.334. The molecule has 2 aromatic carbocycles. The van der Waals surface area contributed by atoms with Gasteiger partial charge in [0, 0.05) is 12.7 Å². The normalized spacial score (nSPS) is 10.9. The first-order chi connectivity index (χ1) is 17.9. The number of ether oxygens (including phenoxy) is 1. The van der Waals surface area contributed by atoms with E-state index in [1.165, 1.54) is 17.7 Å². The van der Waals surface area contributed by atoms with Crippen LogP contribution in [0.3, 0.4) is 0 Å². The molecule has 37 heavy (non-hydrogen) atoms. The lowest BCUT2D eigenvalue weighted by molar-refractivity contribution is 0.0478. The summed E-state index contributed by atoms with van der Waals surface area (Å²) in [4.78, 5) is 52.0. The van der Waals surface area contributed by atoms with Gasteiger partial charge in [0.1, 0.15) is 16.3 Å². The fourth-order valence-corrected chi connectivity index (χ4v) is 4.67. The lowest BCUT2D eigenvalue weighted by atomic mass is 10.2. The van der Waals surface area contributed by atoms with Crippen LogP contribution in [0.1, 0.15) is 21.1 Å². The van der Waals surface area contributed by atoms with Gasteiger partial charge < -0.3 is 15.8 Å². The highest BCUT2D eigenvalue weighted by Crippen LogP contribution is 2.23. The Labute approximate surface area is 213 Å². The largest absolute Gasteiger partial charge is 0.457 e. The summed E-state index contributed by atoms with van der Waals surface area (Å²) >= 11 is 1.02. The van der Waals surface area contributed by atoms with E-state index in [0.29, 0.717) is 4.83 Å². The third kappa shape index (κ3) is 5.09. The molecule has 3 aromatic heterocycles. The lowest BCUT2D eigenvalue weighted by Gasteiger charge is -2.10. The van der Waals surface area contributed by atoms with E-state index in [-0.39, 0.29) is 41.1 Å². The quantitative estimate of drug-likeness (QED) is 0.312. The molecule has 0 saturated carbocycles. The van der Waals surface area contributed by atoms with Crippen molar-refractivity contribution in [3.05, 3.63) is 104 Å². The number of hydrogen-bond acceptors (Lipinski definition) is 10. The molecule has 0 amide bonds. The number of nitrogens with two attached hydrogens (primary N) is 1. The number of thiophene rings is 1. The molecule has 12 heteroatoms. The van der Waals surface area contributed by atoms with Crippen LogP contribution >= 0.6 is 11.3 Å². The Balaban J connectivity index is 1.44. The standard InChI is InChI=1S/C25H21N7O4S/c1-31-21-17(12-18(37-21)22(34)36-14-15-8-4-2-5-9-15)20(33)32(25(31)35)13-19-28-23(26)30-24(29-19)27-16-10-6-3-7-11-16/h2-12H,13-14H2,1H3,(H3,26,27,28,29,30). The average Bonchev–Trinajstić information content (AvgIpc) is 3.36. The number of nitrogens with zero attached hydrogens (tertiary/aromatic N) is 5. The van der Waals surface area contributed by atoms with E-state index < -0.39 is 17.2 Å². The minimum Gasteiger partial charge on any atom is -0.457 e. The van der Waals surface area contributed by atoms with E-state index in [9.17, 15) is 14.4 Å². The van der Waals surface area contributed by atoms with Gasteiger partial charge in [-0.3, -0.25) is 13.9 Å². The molecule has 0 unspecified atom stereocenters. The Kier molecular flexibility index (Phi) is 6.47. The Morgan fingerprint density at radius 2 is 1.73 bits per heavy atom. The monoisotopic (exact) mass is 515 g/mol. The molecule has 3 heterocycles. The summed E-state index contributed by atoms with van der Waals surface area (Å²) in [5.41, 5.74) is 6.26. The predicted octanol–water partition coefficient (Wildman–Crippen LogP) is 2.68. The fraction of sp³-hybridized carbons (Fsp3) is 0.120. The number of nitrogen functional groups attached to an aromatic ring is 1. The average molecular weight is 516 g/mol. The Morgan fingerprint density at radius 1 is 1.03 bits per heavy atom. The number of aromatic nitrogens is 5. The maximum absolute atomic E-state index is 13.3. The highest BCUT2D eigenvalue weighted by Gasteiger charge is 2.20. The minimum atomic E-state index is -0.583. The van der Waals surface area contributed by atoms with Gasteiger partial charge in [-0.2, -0.15) is 15.0 Å². The topological polar surface area (TPSA) is 147 Å². The van der Waals surface area contributed by atoms with Crippen LogP contribution in [0.5, 0.6) is 0 Å². The second kappa shape index (κ2) is 10.0. The number of anilines is 3. The molecule has 0 spiro atoms. The molecule has 0 saturated heterocycles. The van der Waals surface area contributed by atoms with Gasteiger partial charge in [-0.15, -0.1) is 11.3 Å². The maximum Gasteiger partial charge on any atom is 0.348 e. The number of rotatable bonds is 7. The van der Waals surface area contributed by atoms with Crippen molar-refractivity contribution in [1.29, 1.82) is 0 Å². The van der Waals surface area contributed by atoms with Crippen molar-refractivity contribution in [1.82, 2.24) is 24.1 Å². The van der Waals surface area contributed by atoms with Crippen molar-refractivity contribution in [2.75, 3.05) is 11.1 Å².